The summed E-state index contributed by atoms with van der Waals surface area (Å²) in [4.78, 5) is 23.0. The van der Waals surface area contributed by atoms with Crippen molar-refractivity contribution in [2.24, 2.45) is 5.92 Å². The Balaban J connectivity index is 1.54. The van der Waals surface area contributed by atoms with Gasteiger partial charge in [-0.3, -0.25) is 4.79 Å². The van der Waals surface area contributed by atoms with Gasteiger partial charge in [0.15, 0.2) is 0 Å². The molecule has 0 atom stereocenters. The quantitative estimate of drug-likeness (QED) is 0.774. The molecule has 2 N–H and O–H groups in total. The van der Waals surface area contributed by atoms with Crippen LogP contribution in [-0.4, -0.2) is 35.5 Å². The highest BCUT2D eigenvalue weighted by atomic mass is 16.1. The number of benzene rings is 1. The van der Waals surface area contributed by atoms with Gasteiger partial charge in [0.1, 0.15) is 0 Å². The highest BCUT2D eigenvalue weighted by molar-refractivity contribution is 5.93. The summed E-state index contributed by atoms with van der Waals surface area (Å²) in [5.41, 5.74) is 2.67. The molecule has 1 saturated heterocycles. The van der Waals surface area contributed by atoms with Crippen LogP contribution in [0.2, 0.25) is 0 Å². The third kappa shape index (κ3) is 5.67. The fourth-order valence-electron chi connectivity index (χ4n) is 3.12. The van der Waals surface area contributed by atoms with Gasteiger partial charge in [-0.2, -0.15) is 0 Å². The predicted octanol–water partition coefficient (Wildman–Crippen LogP) is 3.99. The maximum atomic E-state index is 12.1. The molecule has 2 heterocycles. The first kappa shape index (κ1) is 19.1. The Morgan fingerprint density at radius 2 is 1.74 bits per heavy atom. The van der Waals surface area contributed by atoms with Gasteiger partial charge in [0.2, 0.25) is 5.95 Å². The summed E-state index contributed by atoms with van der Waals surface area (Å²) in [6.07, 6.45) is 7.94. The number of nitrogens with zero attached hydrogens (tertiary/aromatic N) is 3. The molecule has 0 unspecified atom stereocenters. The third-order valence-electron chi connectivity index (χ3n) is 4.77. The molecule has 144 valence electrons. The van der Waals surface area contributed by atoms with Gasteiger partial charge in [-0.05, 0) is 55.9 Å². The van der Waals surface area contributed by atoms with Crippen molar-refractivity contribution in [2.75, 3.05) is 29.9 Å². The predicted molar refractivity (Wildman–Crippen MR) is 110 cm³/mol. The Hall–Kier alpha value is -2.63. The van der Waals surface area contributed by atoms with E-state index in [-0.39, 0.29) is 5.91 Å². The van der Waals surface area contributed by atoms with Gasteiger partial charge in [-0.1, -0.05) is 13.8 Å². The van der Waals surface area contributed by atoms with Crippen LogP contribution in [0.5, 0.6) is 0 Å². The number of hydrogen-bond donors (Lipinski definition) is 2. The molecule has 1 aliphatic heterocycles. The van der Waals surface area contributed by atoms with E-state index in [0.717, 1.165) is 25.2 Å². The average Bonchev–Trinajstić information content (AvgIpc) is 2.69. The van der Waals surface area contributed by atoms with E-state index in [2.05, 4.69) is 51.5 Å². The average molecular weight is 367 g/mol. The van der Waals surface area contributed by atoms with Crippen molar-refractivity contribution >= 4 is 23.2 Å². The van der Waals surface area contributed by atoms with Crippen LogP contribution in [0, 0.1) is 5.92 Å². The van der Waals surface area contributed by atoms with Crippen LogP contribution in [0.4, 0.5) is 17.3 Å². The summed E-state index contributed by atoms with van der Waals surface area (Å²) in [5.74, 6) is 0.918. The molecule has 0 bridgehead atoms. The second-order valence-corrected chi connectivity index (χ2v) is 7.45. The van der Waals surface area contributed by atoms with Gasteiger partial charge >= 0.3 is 0 Å². The van der Waals surface area contributed by atoms with Gasteiger partial charge in [0.05, 0.1) is 5.56 Å². The molecule has 6 heteroatoms. The minimum Gasteiger partial charge on any atom is -0.372 e. The Kier molecular flexibility index (Phi) is 6.63. The van der Waals surface area contributed by atoms with E-state index in [4.69, 9.17) is 0 Å². The fourth-order valence-corrected chi connectivity index (χ4v) is 3.12. The highest BCUT2D eigenvalue weighted by Gasteiger charge is 2.11. The topological polar surface area (TPSA) is 70.2 Å². The fraction of sp³-hybridized carbons (Fsp3) is 0.476. The monoisotopic (exact) mass is 367 g/mol. The van der Waals surface area contributed by atoms with Crippen LogP contribution < -0.4 is 15.5 Å². The lowest BCUT2D eigenvalue weighted by Gasteiger charge is -2.28. The smallest absolute Gasteiger partial charge is 0.254 e. The number of hydrogen-bond acceptors (Lipinski definition) is 5. The molecule has 0 aliphatic carbocycles. The molecular formula is C21H29N5O. The van der Waals surface area contributed by atoms with E-state index in [1.54, 1.807) is 12.4 Å². The zero-order valence-electron chi connectivity index (χ0n) is 16.2. The molecule has 2 aromatic rings. The third-order valence-corrected chi connectivity index (χ3v) is 4.77. The molecule has 3 rings (SSSR count). The van der Waals surface area contributed by atoms with Gasteiger partial charge in [0, 0.05) is 43.4 Å². The van der Waals surface area contributed by atoms with Crippen molar-refractivity contribution in [1.82, 2.24) is 15.3 Å². The van der Waals surface area contributed by atoms with Gasteiger partial charge in [-0.25, -0.2) is 9.97 Å². The number of piperidine rings is 1. The first-order chi connectivity index (χ1) is 13.1. The van der Waals surface area contributed by atoms with Crippen LogP contribution >= 0.6 is 0 Å². The summed E-state index contributed by atoms with van der Waals surface area (Å²) in [5, 5.41) is 6.08. The maximum absolute atomic E-state index is 12.1. The second kappa shape index (κ2) is 9.35. The van der Waals surface area contributed by atoms with Crippen molar-refractivity contribution in [2.45, 2.75) is 39.5 Å². The van der Waals surface area contributed by atoms with Crippen molar-refractivity contribution < 1.29 is 4.79 Å². The molecule has 27 heavy (non-hydrogen) atoms. The number of carbonyl (C=O) groups is 1. The Morgan fingerprint density at radius 3 is 2.37 bits per heavy atom. The van der Waals surface area contributed by atoms with E-state index >= 15 is 0 Å². The summed E-state index contributed by atoms with van der Waals surface area (Å²) in [6.45, 7) is 7.20. The zero-order chi connectivity index (χ0) is 19.1. The van der Waals surface area contributed by atoms with Gasteiger partial charge < -0.3 is 15.5 Å². The van der Waals surface area contributed by atoms with Crippen LogP contribution in [0.3, 0.4) is 0 Å². The highest BCUT2D eigenvalue weighted by Crippen LogP contribution is 2.22. The van der Waals surface area contributed by atoms with Crippen molar-refractivity contribution in [3.8, 4) is 0 Å². The molecule has 1 fully saturated rings. The van der Waals surface area contributed by atoms with Crippen LogP contribution in [0.1, 0.15) is 49.9 Å². The normalized spacial score (nSPS) is 14.3. The van der Waals surface area contributed by atoms with Crippen LogP contribution in [0.25, 0.3) is 0 Å². The molecule has 0 radical (unpaired) electrons. The van der Waals surface area contributed by atoms with E-state index < -0.39 is 0 Å². The lowest BCUT2D eigenvalue weighted by molar-refractivity contribution is 0.0951. The number of nitrogens with one attached hydrogen (secondary N) is 2. The molecule has 1 aromatic carbocycles. The minimum atomic E-state index is -0.131. The largest absolute Gasteiger partial charge is 0.372 e. The van der Waals surface area contributed by atoms with Crippen molar-refractivity contribution in [3.05, 3.63) is 42.2 Å². The summed E-state index contributed by atoms with van der Waals surface area (Å²) < 4.78 is 0. The molecule has 1 amide bonds. The Labute approximate surface area is 161 Å². The SMILES string of the molecule is CC(C)CCNC(=O)c1cnc(Nc2ccc(N3CCCCC3)cc2)nc1. The molecular weight excluding hydrogens is 338 g/mol. The molecule has 1 aromatic heterocycles. The van der Waals surface area contributed by atoms with Crippen molar-refractivity contribution in [1.29, 1.82) is 0 Å². The van der Waals surface area contributed by atoms with Gasteiger partial charge in [0.25, 0.3) is 5.91 Å². The van der Waals surface area contributed by atoms with E-state index in [1.165, 1.54) is 24.9 Å². The molecule has 6 nitrogen and oxygen atoms in total. The standard InChI is InChI=1S/C21H29N5O/c1-16(2)10-11-22-20(27)17-14-23-21(24-15-17)25-18-6-8-19(9-7-18)26-12-4-3-5-13-26/h6-9,14-16H,3-5,10-13H2,1-2H3,(H,22,27)(H,23,24,25). The lowest BCUT2D eigenvalue weighted by atomic mass is 10.1. The second-order valence-electron chi connectivity index (χ2n) is 7.45. The van der Waals surface area contributed by atoms with Crippen LogP contribution in [-0.2, 0) is 0 Å². The van der Waals surface area contributed by atoms with E-state index in [9.17, 15) is 4.79 Å². The van der Waals surface area contributed by atoms with Gasteiger partial charge in [-0.15, -0.1) is 0 Å². The zero-order valence-corrected chi connectivity index (χ0v) is 16.2. The van der Waals surface area contributed by atoms with E-state index in [1.807, 2.05) is 12.1 Å². The molecule has 0 spiro atoms. The van der Waals surface area contributed by atoms with E-state index in [0.29, 0.717) is 24.0 Å². The Bertz CT molecular complexity index is 721. The summed E-state index contributed by atoms with van der Waals surface area (Å²) in [7, 11) is 0. The summed E-state index contributed by atoms with van der Waals surface area (Å²) >= 11 is 0. The van der Waals surface area contributed by atoms with Crippen molar-refractivity contribution in [3.63, 3.8) is 0 Å². The lowest BCUT2D eigenvalue weighted by Crippen LogP contribution is -2.29. The first-order valence-corrected chi connectivity index (χ1v) is 9.84. The number of carbonyl (C=O) groups excluding carboxylic acids is 1. The Morgan fingerprint density at radius 1 is 1.07 bits per heavy atom. The summed E-state index contributed by atoms with van der Waals surface area (Å²) in [6, 6.07) is 8.34. The molecule has 1 aliphatic rings. The van der Waals surface area contributed by atoms with Crippen LogP contribution in [0.15, 0.2) is 36.7 Å². The number of rotatable bonds is 7. The first-order valence-electron chi connectivity index (χ1n) is 9.84. The number of amides is 1. The maximum Gasteiger partial charge on any atom is 0.254 e. The minimum absolute atomic E-state index is 0.131. The molecule has 0 saturated carbocycles. The number of aromatic nitrogens is 2. The number of anilines is 3.